The summed E-state index contributed by atoms with van der Waals surface area (Å²) in [5.41, 5.74) is 0.961. The van der Waals surface area contributed by atoms with Crippen LogP contribution in [0.4, 0.5) is 5.69 Å². The molecule has 0 bridgehead atoms. The molecule has 1 N–H and O–H groups in total. The van der Waals surface area contributed by atoms with Crippen LogP contribution in [0.1, 0.15) is 12.8 Å². The highest BCUT2D eigenvalue weighted by Crippen LogP contribution is 2.28. The van der Waals surface area contributed by atoms with E-state index in [4.69, 9.17) is 0 Å². The molecule has 2 heterocycles. The molecule has 5 heteroatoms. The number of hydrogen-bond donors (Lipinski definition) is 1. The number of fused-ring (bicyclic) bond motifs is 1. The van der Waals surface area contributed by atoms with Crippen LogP contribution < -0.4 is 5.32 Å². The van der Waals surface area contributed by atoms with Crippen molar-refractivity contribution in [1.29, 1.82) is 0 Å². The van der Waals surface area contributed by atoms with Crippen molar-refractivity contribution in [1.82, 2.24) is 9.88 Å². The molecule has 1 aromatic carbocycles. The van der Waals surface area contributed by atoms with E-state index in [0.717, 1.165) is 43.4 Å². The summed E-state index contributed by atoms with van der Waals surface area (Å²) in [6, 6.07) is 7.22. The van der Waals surface area contributed by atoms with Crippen LogP contribution in [0.15, 0.2) is 30.5 Å². The zero-order valence-corrected chi connectivity index (χ0v) is 10.7. The Bertz CT molecular complexity index is 600. The van der Waals surface area contributed by atoms with Crippen LogP contribution in [0.5, 0.6) is 0 Å². The Morgan fingerprint density at radius 2 is 2.11 bits per heavy atom. The van der Waals surface area contributed by atoms with E-state index in [1.54, 1.807) is 12.1 Å². The number of rotatable bonds is 3. The highest BCUT2D eigenvalue weighted by atomic mass is 16.6. The van der Waals surface area contributed by atoms with Crippen molar-refractivity contribution < 1.29 is 4.92 Å². The topological polar surface area (TPSA) is 60.1 Å². The van der Waals surface area contributed by atoms with Gasteiger partial charge in [-0.1, -0.05) is 12.1 Å². The number of nitrogens with one attached hydrogen (secondary N) is 1. The normalized spacial score (nSPS) is 16.8. The summed E-state index contributed by atoms with van der Waals surface area (Å²) in [4.78, 5) is 10.8. The average Bonchev–Trinajstić information content (AvgIpc) is 2.83. The van der Waals surface area contributed by atoms with E-state index >= 15 is 0 Å². The molecular formula is C14H17N3O2. The van der Waals surface area contributed by atoms with E-state index in [9.17, 15) is 10.1 Å². The summed E-state index contributed by atoms with van der Waals surface area (Å²) in [7, 11) is 0. The zero-order valence-electron chi connectivity index (χ0n) is 10.7. The van der Waals surface area contributed by atoms with Crippen LogP contribution in [0, 0.1) is 16.0 Å². The summed E-state index contributed by atoms with van der Waals surface area (Å²) in [5, 5.41) is 15.4. The van der Waals surface area contributed by atoms with Crippen molar-refractivity contribution in [3.05, 3.63) is 40.6 Å². The molecule has 1 saturated heterocycles. The number of benzene rings is 1. The lowest BCUT2D eigenvalue weighted by Gasteiger charge is -2.23. The molecule has 0 atom stereocenters. The smallest absolute Gasteiger partial charge is 0.293 e. The average molecular weight is 259 g/mol. The highest BCUT2D eigenvalue weighted by Gasteiger charge is 2.19. The SMILES string of the molecule is O=[N+]([O-])c1cccc2ccn(CC3CCNCC3)c12. The standard InChI is InChI=1S/C14H17N3O2/c18-17(19)13-3-1-2-12-6-9-16(14(12)13)10-11-4-7-15-8-5-11/h1-3,6,9,11,15H,4-5,7-8,10H2. The quantitative estimate of drug-likeness (QED) is 0.680. The third-order valence-electron chi connectivity index (χ3n) is 3.88. The summed E-state index contributed by atoms with van der Waals surface area (Å²) < 4.78 is 2.05. The highest BCUT2D eigenvalue weighted by molar-refractivity contribution is 5.88. The monoisotopic (exact) mass is 259 g/mol. The van der Waals surface area contributed by atoms with Crippen molar-refractivity contribution in [2.24, 2.45) is 5.92 Å². The maximum Gasteiger partial charge on any atom is 0.293 e. The number of nitro benzene ring substituents is 1. The zero-order chi connectivity index (χ0) is 13.2. The first-order chi connectivity index (χ1) is 9.25. The van der Waals surface area contributed by atoms with Gasteiger partial charge in [0.25, 0.3) is 5.69 Å². The van der Waals surface area contributed by atoms with Gasteiger partial charge < -0.3 is 9.88 Å². The Hall–Kier alpha value is -1.88. The molecule has 2 aromatic rings. The summed E-state index contributed by atoms with van der Waals surface area (Å²) in [6.45, 7) is 2.97. The summed E-state index contributed by atoms with van der Waals surface area (Å²) in [5.74, 6) is 0.608. The van der Waals surface area contributed by atoms with E-state index < -0.39 is 0 Å². The van der Waals surface area contributed by atoms with Gasteiger partial charge in [-0.25, -0.2) is 0 Å². The van der Waals surface area contributed by atoms with E-state index in [1.165, 1.54) is 0 Å². The number of aromatic nitrogens is 1. The lowest BCUT2D eigenvalue weighted by molar-refractivity contribution is -0.383. The van der Waals surface area contributed by atoms with Gasteiger partial charge in [0.15, 0.2) is 0 Å². The molecule has 0 saturated carbocycles. The second kappa shape index (κ2) is 5.01. The van der Waals surface area contributed by atoms with Crippen LogP contribution in [0.3, 0.4) is 0 Å². The number of para-hydroxylation sites is 1. The Kier molecular flexibility index (Phi) is 3.21. The summed E-state index contributed by atoms with van der Waals surface area (Å²) in [6.07, 6.45) is 4.25. The second-order valence-corrected chi connectivity index (χ2v) is 5.13. The van der Waals surface area contributed by atoms with E-state index in [1.807, 2.05) is 22.9 Å². The first-order valence-corrected chi connectivity index (χ1v) is 6.68. The van der Waals surface area contributed by atoms with Gasteiger partial charge in [0.1, 0.15) is 5.52 Å². The van der Waals surface area contributed by atoms with Gasteiger partial charge in [-0.3, -0.25) is 10.1 Å². The lowest BCUT2D eigenvalue weighted by Crippen LogP contribution is -2.29. The fraction of sp³-hybridized carbons (Fsp3) is 0.429. The van der Waals surface area contributed by atoms with Crippen molar-refractivity contribution in [2.45, 2.75) is 19.4 Å². The number of non-ortho nitro benzene ring substituents is 1. The summed E-state index contributed by atoms with van der Waals surface area (Å²) >= 11 is 0. The molecule has 0 amide bonds. The molecule has 0 aliphatic carbocycles. The largest absolute Gasteiger partial charge is 0.342 e. The number of piperidine rings is 1. The predicted octanol–water partition coefficient (Wildman–Crippen LogP) is 2.55. The third kappa shape index (κ3) is 2.33. The molecule has 5 nitrogen and oxygen atoms in total. The molecule has 1 aromatic heterocycles. The van der Waals surface area contributed by atoms with Gasteiger partial charge >= 0.3 is 0 Å². The molecule has 1 aliphatic rings. The molecule has 1 aliphatic heterocycles. The van der Waals surface area contributed by atoms with Crippen molar-refractivity contribution in [2.75, 3.05) is 13.1 Å². The minimum Gasteiger partial charge on any atom is -0.342 e. The van der Waals surface area contributed by atoms with Crippen LogP contribution in [-0.4, -0.2) is 22.6 Å². The lowest BCUT2D eigenvalue weighted by atomic mass is 9.98. The molecular weight excluding hydrogens is 242 g/mol. The van der Waals surface area contributed by atoms with Crippen LogP contribution in [0.2, 0.25) is 0 Å². The number of nitrogens with zero attached hydrogens (tertiary/aromatic N) is 2. The predicted molar refractivity (Wildman–Crippen MR) is 74.2 cm³/mol. The number of hydrogen-bond acceptors (Lipinski definition) is 3. The minimum atomic E-state index is -0.290. The van der Waals surface area contributed by atoms with E-state index in [2.05, 4.69) is 5.32 Å². The van der Waals surface area contributed by atoms with Gasteiger partial charge in [0.05, 0.1) is 4.92 Å². The van der Waals surface area contributed by atoms with Gasteiger partial charge in [-0.15, -0.1) is 0 Å². The van der Waals surface area contributed by atoms with Crippen molar-refractivity contribution in [3.63, 3.8) is 0 Å². The Morgan fingerprint density at radius 1 is 1.32 bits per heavy atom. The van der Waals surface area contributed by atoms with Crippen molar-refractivity contribution in [3.8, 4) is 0 Å². The first kappa shape index (κ1) is 12.2. The second-order valence-electron chi connectivity index (χ2n) is 5.13. The molecule has 3 rings (SSSR count). The van der Waals surface area contributed by atoms with E-state index in [-0.39, 0.29) is 10.6 Å². The Labute approximate surface area is 111 Å². The third-order valence-corrected chi connectivity index (χ3v) is 3.88. The molecule has 0 spiro atoms. The van der Waals surface area contributed by atoms with E-state index in [0.29, 0.717) is 5.92 Å². The molecule has 100 valence electrons. The van der Waals surface area contributed by atoms with Gasteiger partial charge in [-0.2, -0.15) is 0 Å². The molecule has 19 heavy (non-hydrogen) atoms. The van der Waals surface area contributed by atoms with Crippen LogP contribution >= 0.6 is 0 Å². The van der Waals surface area contributed by atoms with Crippen molar-refractivity contribution >= 4 is 16.6 Å². The Morgan fingerprint density at radius 3 is 2.84 bits per heavy atom. The maximum atomic E-state index is 11.1. The number of nitro groups is 1. The minimum absolute atomic E-state index is 0.205. The van der Waals surface area contributed by atoms with Crippen LogP contribution in [-0.2, 0) is 6.54 Å². The van der Waals surface area contributed by atoms with Gasteiger partial charge in [0, 0.05) is 24.2 Å². The maximum absolute atomic E-state index is 11.1. The fourth-order valence-corrected chi connectivity index (χ4v) is 2.88. The first-order valence-electron chi connectivity index (χ1n) is 6.68. The Balaban J connectivity index is 1.96. The van der Waals surface area contributed by atoms with Gasteiger partial charge in [0.2, 0.25) is 0 Å². The molecule has 1 fully saturated rings. The molecule has 0 radical (unpaired) electrons. The van der Waals surface area contributed by atoms with Crippen LogP contribution in [0.25, 0.3) is 10.9 Å². The molecule has 0 unspecified atom stereocenters. The fourth-order valence-electron chi connectivity index (χ4n) is 2.88. The van der Waals surface area contributed by atoms with Gasteiger partial charge in [-0.05, 0) is 37.9 Å².